The molecule has 25 heavy (non-hydrogen) atoms. The second kappa shape index (κ2) is 8.25. The fourth-order valence-corrected chi connectivity index (χ4v) is 2.69. The summed E-state index contributed by atoms with van der Waals surface area (Å²) in [7, 11) is 0. The van der Waals surface area contributed by atoms with Gasteiger partial charge in [0.1, 0.15) is 5.03 Å². The number of carbonyl (C=O) groups is 2. The summed E-state index contributed by atoms with van der Waals surface area (Å²) in [5, 5.41) is 3.27. The standard InChI is InChI=1S/C18H15N3O3S/c22-16(20-13-6-2-1-3-7-13)11-24-18(23)12-25-17-10-19-14-8-4-5-9-15(14)21-17/h1-10H,11-12H2,(H,20,22). The lowest BCUT2D eigenvalue weighted by molar-refractivity contribution is -0.144. The van der Waals surface area contributed by atoms with Gasteiger partial charge in [-0.3, -0.25) is 14.6 Å². The Balaban J connectivity index is 1.45. The van der Waals surface area contributed by atoms with E-state index in [0.29, 0.717) is 10.7 Å². The number of ether oxygens (including phenoxy) is 1. The van der Waals surface area contributed by atoms with E-state index >= 15 is 0 Å². The molecule has 7 heteroatoms. The number of aromatic nitrogens is 2. The number of anilines is 1. The SMILES string of the molecule is O=C(COC(=O)CSc1cnc2ccccc2n1)Nc1ccccc1. The van der Waals surface area contributed by atoms with Gasteiger partial charge in [0.05, 0.1) is 23.0 Å². The molecule has 3 aromatic rings. The molecule has 0 aliphatic carbocycles. The number of hydrogen-bond donors (Lipinski definition) is 1. The van der Waals surface area contributed by atoms with Gasteiger partial charge in [-0.2, -0.15) is 0 Å². The highest BCUT2D eigenvalue weighted by Gasteiger charge is 2.09. The lowest BCUT2D eigenvalue weighted by Crippen LogP contribution is -2.21. The lowest BCUT2D eigenvalue weighted by atomic mass is 10.3. The summed E-state index contributed by atoms with van der Waals surface area (Å²) in [6.45, 7) is -0.322. The number of para-hydroxylation sites is 3. The molecule has 0 atom stereocenters. The van der Waals surface area contributed by atoms with Gasteiger partial charge in [-0.15, -0.1) is 0 Å². The number of esters is 1. The zero-order chi connectivity index (χ0) is 17.5. The molecule has 0 spiro atoms. The first-order valence-electron chi connectivity index (χ1n) is 7.56. The Bertz CT molecular complexity index is 887. The van der Waals surface area contributed by atoms with Crippen LogP contribution >= 0.6 is 11.8 Å². The van der Waals surface area contributed by atoms with Crippen molar-refractivity contribution in [2.45, 2.75) is 5.03 Å². The van der Waals surface area contributed by atoms with Crippen molar-refractivity contribution in [2.24, 2.45) is 0 Å². The minimum absolute atomic E-state index is 0.0611. The van der Waals surface area contributed by atoms with Gasteiger partial charge in [0.2, 0.25) is 0 Å². The highest BCUT2D eigenvalue weighted by atomic mass is 32.2. The van der Waals surface area contributed by atoms with E-state index in [-0.39, 0.29) is 18.3 Å². The van der Waals surface area contributed by atoms with Crippen molar-refractivity contribution in [2.75, 3.05) is 17.7 Å². The lowest BCUT2D eigenvalue weighted by Gasteiger charge is -2.06. The van der Waals surface area contributed by atoms with Gasteiger partial charge in [0.25, 0.3) is 5.91 Å². The second-order valence-electron chi connectivity index (χ2n) is 5.06. The molecule has 0 aliphatic rings. The topological polar surface area (TPSA) is 81.2 Å². The Morgan fingerprint density at radius 1 is 1.00 bits per heavy atom. The first-order chi connectivity index (χ1) is 12.2. The Kier molecular flexibility index (Phi) is 5.58. The van der Waals surface area contributed by atoms with Gasteiger partial charge < -0.3 is 10.1 Å². The first kappa shape index (κ1) is 16.9. The van der Waals surface area contributed by atoms with E-state index < -0.39 is 5.97 Å². The monoisotopic (exact) mass is 353 g/mol. The first-order valence-corrected chi connectivity index (χ1v) is 8.54. The third-order valence-electron chi connectivity index (χ3n) is 3.19. The number of rotatable bonds is 6. The van der Waals surface area contributed by atoms with Crippen LogP contribution in [-0.2, 0) is 14.3 Å². The minimum Gasteiger partial charge on any atom is -0.455 e. The van der Waals surface area contributed by atoms with Crippen LogP contribution in [0.15, 0.2) is 65.8 Å². The molecule has 1 amide bonds. The molecule has 0 aliphatic heterocycles. The highest BCUT2D eigenvalue weighted by Crippen LogP contribution is 2.17. The number of amides is 1. The van der Waals surface area contributed by atoms with Gasteiger partial charge >= 0.3 is 5.97 Å². The number of hydrogen-bond acceptors (Lipinski definition) is 6. The van der Waals surface area contributed by atoms with Crippen molar-refractivity contribution < 1.29 is 14.3 Å². The van der Waals surface area contributed by atoms with Crippen LogP contribution in [-0.4, -0.2) is 34.2 Å². The molecule has 1 N–H and O–H groups in total. The van der Waals surface area contributed by atoms with Crippen LogP contribution < -0.4 is 5.32 Å². The third kappa shape index (κ3) is 5.02. The highest BCUT2D eigenvalue weighted by molar-refractivity contribution is 7.99. The van der Waals surface area contributed by atoms with Crippen molar-refractivity contribution in [3.8, 4) is 0 Å². The number of benzene rings is 2. The van der Waals surface area contributed by atoms with Crippen LogP contribution in [0, 0.1) is 0 Å². The van der Waals surface area contributed by atoms with Gasteiger partial charge in [-0.05, 0) is 24.3 Å². The summed E-state index contributed by atoms with van der Waals surface area (Å²) in [5.41, 5.74) is 2.22. The van der Waals surface area contributed by atoms with Crippen molar-refractivity contribution >= 4 is 40.4 Å². The predicted molar refractivity (Wildman–Crippen MR) is 96.3 cm³/mol. The molecule has 6 nitrogen and oxygen atoms in total. The molecule has 3 rings (SSSR count). The summed E-state index contributed by atoms with van der Waals surface area (Å²) >= 11 is 1.22. The van der Waals surface area contributed by atoms with Crippen LogP contribution in [0.4, 0.5) is 5.69 Å². The van der Waals surface area contributed by atoms with E-state index in [1.807, 2.05) is 42.5 Å². The molecule has 2 aromatic carbocycles. The minimum atomic E-state index is -0.483. The Labute approximate surface area is 148 Å². The second-order valence-corrected chi connectivity index (χ2v) is 6.06. The van der Waals surface area contributed by atoms with Gasteiger partial charge in [-0.1, -0.05) is 42.1 Å². The number of carbonyl (C=O) groups excluding carboxylic acids is 2. The molecule has 126 valence electrons. The number of thioether (sulfide) groups is 1. The zero-order valence-electron chi connectivity index (χ0n) is 13.2. The maximum atomic E-state index is 11.8. The molecule has 0 fully saturated rings. The molecule has 0 saturated carbocycles. The van der Waals surface area contributed by atoms with E-state index in [1.165, 1.54) is 11.8 Å². The Morgan fingerprint density at radius 2 is 1.72 bits per heavy atom. The summed E-state index contributed by atoms with van der Waals surface area (Å²) in [6.07, 6.45) is 1.61. The van der Waals surface area contributed by atoms with E-state index in [2.05, 4.69) is 15.3 Å². The molecule has 0 unspecified atom stereocenters. The molecule has 0 radical (unpaired) electrons. The van der Waals surface area contributed by atoms with Gasteiger partial charge in [0, 0.05) is 5.69 Å². The van der Waals surface area contributed by atoms with Crippen LogP contribution in [0.1, 0.15) is 0 Å². The number of fused-ring (bicyclic) bond motifs is 1. The molecule has 1 heterocycles. The van der Waals surface area contributed by atoms with Gasteiger partial charge in [0.15, 0.2) is 6.61 Å². The molecular weight excluding hydrogens is 338 g/mol. The quantitative estimate of drug-likeness (QED) is 0.542. The van der Waals surface area contributed by atoms with Crippen molar-refractivity contribution in [3.05, 3.63) is 60.8 Å². The molecular formula is C18H15N3O3S. The summed E-state index contributed by atoms with van der Waals surface area (Å²) in [5.74, 6) is -0.802. The summed E-state index contributed by atoms with van der Waals surface area (Å²) in [6, 6.07) is 16.5. The number of nitrogens with zero attached hydrogens (tertiary/aromatic N) is 2. The molecule has 0 bridgehead atoms. The van der Waals surface area contributed by atoms with E-state index in [0.717, 1.165) is 11.0 Å². The zero-order valence-corrected chi connectivity index (χ0v) is 14.0. The fraction of sp³-hybridized carbons (Fsp3) is 0.111. The molecule has 0 saturated heterocycles. The number of nitrogens with one attached hydrogen (secondary N) is 1. The van der Waals surface area contributed by atoms with Crippen LogP contribution in [0.2, 0.25) is 0 Å². The van der Waals surface area contributed by atoms with Gasteiger partial charge in [-0.25, -0.2) is 4.98 Å². The maximum absolute atomic E-state index is 11.8. The van der Waals surface area contributed by atoms with Crippen molar-refractivity contribution in [1.29, 1.82) is 0 Å². The average molecular weight is 353 g/mol. The smallest absolute Gasteiger partial charge is 0.316 e. The Hall–Kier alpha value is -2.93. The van der Waals surface area contributed by atoms with E-state index in [4.69, 9.17) is 4.74 Å². The van der Waals surface area contributed by atoms with E-state index in [1.54, 1.807) is 18.3 Å². The maximum Gasteiger partial charge on any atom is 0.316 e. The normalized spacial score (nSPS) is 10.4. The van der Waals surface area contributed by atoms with Crippen LogP contribution in [0.5, 0.6) is 0 Å². The average Bonchev–Trinajstić information content (AvgIpc) is 2.65. The summed E-state index contributed by atoms with van der Waals surface area (Å²) < 4.78 is 4.97. The molecule has 1 aromatic heterocycles. The van der Waals surface area contributed by atoms with E-state index in [9.17, 15) is 9.59 Å². The third-order valence-corrected chi connectivity index (χ3v) is 4.06. The Morgan fingerprint density at radius 3 is 2.52 bits per heavy atom. The largest absolute Gasteiger partial charge is 0.455 e. The summed E-state index contributed by atoms with van der Waals surface area (Å²) in [4.78, 5) is 32.2. The fourth-order valence-electron chi connectivity index (χ4n) is 2.05. The van der Waals surface area contributed by atoms with Crippen LogP contribution in [0.3, 0.4) is 0 Å². The van der Waals surface area contributed by atoms with Crippen molar-refractivity contribution in [3.63, 3.8) is 0 Å². The predicted octanol–water partition coefficient (Wildman–Crippen LogP) is 2.90. The van der Waals surface area contributed by atoms with Crippen LogP contribution in [0.25, 0.3) is 11.0 Å². The van der Waals surface area contributed by atoms with Crippen molar-refractivity contribution in [1.82, 2.24) is 9.97 Å².